The molecule has 0 spiro atoms. The third kappa shape index (κ3) is 3.10. The second-order valence-electron chi connectivity index (χ2n) is 5.94. The third-order valence-corrected chi connectivity index (χ3v) is 3.87. The zero-order valence-electron chi connectivity index (χ0n) is 12.3. The minimum absolute atomic E-state index is 0.612. The van der Waals surface area contributed by atoms with E-state index in [9.17, 15) is 0 Å². The van der Waals surface area contributed by atoms with E-state index in [1.807, 2.05) is 22.8 Å². The summed E-state index contributed by atoms with van der Waals surface area (Å²) in [7, 11) is 0. The molecule has 0 aliphatic carbocycles. The van der Waals surface area contributed by atoms with Gasteiger partial charge in [0.05, 0.1) is 0 Å². The van der Waals surface area contributed by atoms with E-state index in [1.54, 1.807) is 0 Å². The van der Waals surface area contributed by atoms with Crippen molar-refractivity contribution in [3.8, 4) is 0 Å². The quantitative estimate of drug-likeness (QED) is 0.907. The van der Waals surface area contributed by atoms with Crippen molar-refractivity contribution in [1.82, 2.24) is 19.5 Å². The van der Waals surface area contributed by atoms with Gasteiger partial charge in [0.25, 0.3) is 0 Å². The van der Waals surface area contributed by atoms with Crippen LogP contribution in [0.3, 0.4) is 0 Å². The molecule has 3 heterocycles. The Hall–Kier alpha value is -1.62. The van der Waals surface area contributed by atoms with Crippen LogP contribution in [0.2, 0.25) is 0 Å². The van der Waals surface area contributed by atoms with Gasteiger partial charge in [-0.1, -0.05) is 6.92 Å². The first-order valence-electron chi connectivity index (χ1n) is 7.50. The number of nitrogens with zero attached hydrogens (tertiary/aromatic N) is 4. The summed E-state index contributed by atoms with van der Waals surface area (Å²) in [6.45, 7) is 8.96. The van der Waals surface area contributed by atoms with Crippen molar-refractivity contribution in [3.05, 3.63) is 23.9 Å². The Kier molecular flexibility index (Phi) is 3.87. The molecule has 1 fully saturated rings. The van der Waals surface area contributed by atoms with Crippen LogP contribution in [-0.4, -0.2) is 45.7 Å². The molecule has 5 nitrogen and oxygen atoms in total. The molecule has 1 unspecified atom stereocenters. The highest BCUT2D eigenvalue weighted by Gasteiger charge is 2.14. The smallest absolute Gasteiger partial charge is 0.243 e. The van der Waals surface area contributed by atoms with Crippen LogP contribution in [-0.2, 0) is 0 Å². The van der Waals surface area contributed by atoms with Crippen LogP contribution < -0.4 is 5.32 Å². The molecule has 1 atom stereocenters. The molecule has 1 aliphatic rings. The van der Waals surface area contributed by atoms with Crippen molar-refractivity contribution in [1.29, 1.82) is 0 Å². The number of aryl methyl sites for hydroxylation is 1. The SMILES string of the molecule is Cc1ccn2nc(NCC(C)CN3CCCC3)nc2c1. The van der Waals surface area contributed by atoms with Gasteiger partial charge in [0.1, 0.15) is 0 Å². The molecule has 1 saturated heterocycles. The van der Waals surface area contributed by atoms with Crippen LogP contribution in [0.15, 0.2) is 18.3 Å². The third-order valence-electron chi connectivity index (χ3n) is 3.87. The van der Waals surface area contributed by atoms with Crippen LogP contribution in [0, 0.1) is 12.8 Å². The van der Waals surface area contributed by atoms with Crippen LogP contribution in [0.25, 0.3) is 5.65 Å². The number of hydrogen-bond acceptors (Lipinski definition) is 4. The van der Waals surface area contributed by atoms with E-state index >= 15 is 0 Å². The zero-order valence-corrected chi connectivity index (χ0v) is 12.3. The maximum atomic E-state index is 4.50. The fourth-order valence-electron chi connectivity index (χ4n) is 2.79. The summed E-state index contributed by atoms with van der Waals surface area (Å²) >= 11 is 0. The Morgan fingerprint density at radius 1 is 1.35 bits per heavy atom. The molecule has 1 aliphatic heterocycles. The lowest BCUT2D eigenvalue weighted by Crippen LogP contribution is -2.29. The van der Waals surface area contributed by atoms with Gasteiger partial charge in [0, 0.05) is 19.3 Å². The Bertz CT molecular complexity index is 571. The van der Waals surface area contributed by atoms with Gasteiger partial charge in [-0.05, 0) is 56.5 Å². The van der Waals surface area contributed by atoms with Gasteiger partial charge in [-0.2, -0.15) is 4.98 Å². The molecule has 0 saturated carbocycles. The van der Waals surface area contributed by atoms with E-state index in [0.717, 1.165) is 18.1 Å². The van der Waals surface area contributed by atoms with Gasteiger partial charge in [0.15, 0.2) is 5.65 Å². The number of likely N-dealkylation sites (tertiary alicyclic amines) is 1. The minimum atomic E-state index is 0.612. The molecule has 5 heteroatoms. The number of pyridine rings is 1. The average molecular weight is 273 g/mol. The summed E-state index contributed by atoms with van der Waals surface area (Å²) in [4.78, 5) is 7.05. The van der Waals surface area contributed by atoms with Crippen molar-refractivity contribution in [3.63, 3.8) is 0 Å². The molecular formula is C15H23N5. The Morgan fingerprint density at radius 3 is 2.95 bits per heavy atom. The summed E-state index contributed by atoms with van der Waals surface area (Å²) in [5.74, 6) is 1.34. The van der Waals surface area contributed by atoms with Crippen LogP contribution in [0.1, 0.15) is 25.3 Å². The lowest BCUT2D eigenvalue weighted by Gasteiger charge is -2.20. The molecule has 3 rings (SSSR count). The zero-order chi connectivity index (χ0) is 13.9. The van der Waals surface area contributed by atoms with E-state index in [0.29, 0.717) is 5.92 Å². The van der Waals surface area contributed by atoms with Gasteiger partial charge in [-0.15, -0.1) is 5.10 Å². The van der Waals surface area contributed by atoms with E-state index in [-0.39, 0.29) is 0 Å². The average Bonchev–Trinajstić information content (AvgIpc) is 3.04. The number of aromatic nitrogens is 3. The van der Waals surface area contributed by atoms with Crippen LogP contribution in [0.4, 0.5) is 5.95 Å². The number of hydrogen-bond donors (Lipinski definition) is 1. The second-order valence-corrected chi connectivity index (χ2v) is 5.94. The predicted octanol–water partition coefficient (Wildman–Crippen LogP) is 2.18. The van der Waals surface area contributed by atoms with Crippen LogP contribution >= 0.6 is 0 Å². The number of fused-ring (bicyclic) bond motifs is 1. The van der Waals surface area contributed by atoms with E-state index in [4.69, 9.17) is 0 Å². The van der Waals surface area contributed by atoms with Crippen molar-refractivity contribution in [2.45, 2.75) is 26.7 Å². The summed E-state index contributed by atoms with van der Waals surface area (Å²) in [6, 6.07) is 4.09. The van der Waals surface area contributed by atoms with Gasteiger partial charge >= 0.3 is 0 Å². The predicted molar refractivity (Wildman–Crippen MR) is 81.1 cm³/mol. The maximum Gasteiger partial charge on any atom is 0.243 e. The summed E-state index contributed by atoms with van der Waals surface area (Å²) in [5, 5.41) is 7.80. The first kappa shape index (κ1) is 13.4. The molecule has 2 aromatic rings. The molecule has 20 heavy (non-hydrogen) atoms. The van der Waals surface area contributed by atoms with Crippen molar-refractivity contribution in [2.24, 2.45) is 5.92 Å². The molecule has 0 radical (unpaired) electrons. The standard InChI is InChI=1S/C15H23N5/c1-12-5-8-20-14(9-12)17-15(18-20)16-10-13(2)11-19-6-3-4-7-19/h5,8-9,13H,3-4,6-7,10-11H2,1-2H3,(H,16,18). The highest BCUT2D eigenvalue weighted by Crippen LogP contribution is 2.11. The minimum Gasteiger partial charge on any atom is -0.353 e. The topological polar surface area (TPSA) is 45.5 Å². The molecule has 0 bridgehead atoms. The summed E-state index contributed by atoms with van der Waals surface area (Å²) < 4.78 is 1.82. The number of rotatable bonds is 5. The van der Waals surface area contributed by atoms with Crippen LogP contribution in [0.5, 0.6) is 0 Å². The second kappa shape index (κ2) is 5.79. The molecular weight excluding hydrogens is 250 g/mol. The first-order valence-corrected chi connectivity index (χ1v) is 7.50. The number of anilines is 1. The van der Waals surface area contributed by atoms with E-state index < -0.39 is 0 Å². The van der Waals surface area contributed by atoms with Gasteiger partial charge in [0.2, 0.25) is 5.95 Å². The largest absolute Gasteiger partial charge is 0.353 e. The molecule has 108 valence electrons. The first-order chi connectivity index (χ1) is 9.70. The van der Waals surface area contributed by atoms with Crippen molar-refractivity contribution in [2.75, 3.05) is 31.5 Å². The molecule has 0 amide bonds. The van der Waals surface area contributed by atoms with E-state index in [1.165, 1.54) is 38.0 Å². The van der Waals surface area contributed by atoms with E-state index in [2.05, 4.69) is 34.1 Å². The van der Waals surface area contributed by atoms with Gasteiger partial charge in [-0.3, -0.25) is 0 Å². The fraction of sp³-hybridized carbons (Fsp3) is 0.600. The number of nitrogens with one attached hydrogen (secondary N) is 1. The monoisotopic (exact) mass is 273 g/mol. The lowest BCUT2D eigenvalue weighted by atomic mass is 10.1. The highest BCUT2D eigenvalue weighted by atomic mass is 15.3. The normalized spacial score (nSPS) is 17.7. The molecule has 1 N–H and O–H groups in total. The molecule has 2 aromatic heterocycles. The van der Waals surface area contributed by atoms with Crippen molar-refractivity contribution < 1.29 is 0 Å². The van der Waals surface area contributed by atoms with Gasteiger partial charge in [-0.25, -0.2) is 4.52 Å². The summed E-state index contributed by atoms with van der Waals surface area (Å²) in [6.07, 6.45) is 4.66. The Labute approximate surface area is 120 Å². The Morgan fingerprint density at radius 2 is 2.15 bits per heavy atom. The highest BCUT2D eigenvalue weighted by molar-refractivity contribution is 5.45. The Balaban J connectivity index is 1.56. The maximum absolute atomic E-state index is 4.50. The molecule has 0 aromatic carbocycles. The fourth-order valence-corrected chi connectivity index (χ4v) is 2.79. The lowest BCUT2D eigenvalue weighted by molar-refractivity contribution is 0.294. The summed E-state index contributed by atoms with van der Waals surface area (Å²) in [5.41, 5.74) is 2.11. The van der Waals surface area contributed by atoms with Gasteiger partial charge < -0.3 is 10.2 Å². The van der Waals surface area contributed by atoms with Crippen molar-refractivity contribution >= 4 is 11.6 Å².